The van der Waals surface area contributed by atoms with E-state index in [2.05, 4.69) is 36.6 Å². The number of rotatable bonds is 38. The molecule has 27 nitrogen and oxygen atoms in total. The molecule has 0 bridgehead atoms. The molecule has 0 radical (unpaired) electrons. The molecule has 0 saturated carbocycles. The Morgan fingerprint density at radius 3 is 1.34 bits per heavy atom. The number of carbonyl (C=O) groups is 12. The lowest BCUT2D eigenvalue weighted by atomic mass is 9.91. The van der Waals surface area contributed by atoms with Crippen LogP contribution in [-0.2, 0) is 62.2 Å². The van der Waals surface area contributed by atoms with Gasteiger partial charge in [0.25, 0.3) is 0 Å². The summed E-state index contributed by atoms with van der Waals surface area (Å²) in [4.78, 5) is 174. The number of allylic oxidation sites excluding steroid dienone is 2. The summed E-state index contributed by atoms with van der Waals surface area (Å²) in [5.41, 5.74) is -0.837. The molecule has 0 aromatic carbocycles. The molecule has 14 atom stereocenters. The quantitative estimate of drug-likeness (QED) is 0.0324. The highest BCUT2D eigenvalue weighted by Crippen LogP contribution is 2.24. The van der Waals surface area contributed by atoms with Crippen molar-refractivity contribution in [1.82, 2.24) is 56.4 Å². The van der Waals surface area contributed by atoms with E-state index >= 15 is 0 Å². The van der Waals surface area contributed by atoms with E-state index in [1.54, 1.807) is 67.5 Å². The van der Waals surface area contributed by atoms with Crippen molar-refractivity contribution in [2.24, 2.45) is 41.4 Å². The van der Waals surface area contributed by atoms with Gasteiger partial charge in [0.15, 0.2) is 0 Å². The van der Waals surface area contributed by atoms with Crippen LogP contribution in [0.3, 0.4) is 0 Å². The lowest BCUT2D eigenvalue weighted by molar-refractivity contribution is -0.155. The van der Waals surface area contributed by atoms with Crippen LogP contribution in [0.25, 0.3) is 0 Å². The summed E-state index contributed by atoms with van der Waals surface area (Å²) in [5.74, 6) is -10.4. The largest absolute Gasteiger partial charge is 0.468 e. The van der Waals surface area contributed by atoms with Crippen molar-refractivity contribution in [2.75, 3.05) is 48.9 Å². The van der Waals surface area contributed by atoms with Crippen LogP contribution in [0.2, 0.25) is 0 Å². The van der Waals surface area contributed by atoms with Gasteiger partial charge in [-0.1, -0.05) is 109 Å². The van der Waals surface area contributed by atoms with Crippen LogP contribution in [0.4, 0.5) is 4.79 Å². The molecule has 0 aliphatic carbocycles. The maximum Gasteiger partial charge on any atom is 0.408 e. The molecule has 8 N–H and O–H groups in total. The van der Waals surface area contributed by atoms with Gasteiger partial charge in [-0.05, 0) is 122 Å². The third kappa shape index (κ3) is 28.2. The first kappa shape index (κ1) is 87.1. The minimum atomic E-state index is -1.70. The minimum absolute atomic E-state index is 0.0717. The number of hydrogen-bond acceptors (Lipinski definition) is 16. The molecule has 0 aliphatic heterocycles. The first-order valence-electron chi connectivity index (χ1n) is 33.1. The SMILES string of the molecule is C/C=C/C[C@@H](C)[C@@H](O)[C@@H](C(=O)N[C@H](C(=O)N(C)CC(=O)OC)[C@@H](C)O)N(C)C(=O)[C@H](C(C)C)N(C)C(=O)[C@H](CC(C)C)NC(=O)[C@H](CC(C)C)N(C)C(=O)[C@@H](C)NC(=O)[C@H](C)NC(=O)[C@H](CC(C)C)N(C)C(=O)[C@H](CC(C)C)NC(=O)[C@H](NC(=O)OC(C)(C)C)C(C)CC. The molecule has 0 fully saturated rings. The average molecular weight is 1340 g/mol. The number of carbonyl (C=O) groups excluding carboxylic acids is 12. The summed E-state index contributed by atoms with van der Waals surface area (Å²) in [6.45, 7) is 33.8. The van der Waals surface area contributed by atoms with E-state index in [0.717, 1.165) is 16.9 Å². The van der Waals surface area contributed by atoms with Crippen LogP contribution < -0.4 is 31.9 Å². The van der Waals surface area contributed by atoms with Gasteiger partial charge in [-0.25, -0.2) is 4.79 Å². The normalized spacial score (nSPS) is 16.3. The maximum absolute atomic E-state index is 15.0. The Morgan fingerprint density at radius 1 is 0.479 bits per heavy atom. The number of aliphatic hydroxyl groups is 2. The molecule has 1 unspecified atom stereocenters. The Bertz CT molecular complexity index is 2550. The van der Waals surface area contributed by atoms with Crippen molar-refractivity contribution in [3.05, 3.63) is 12.2 Å². The number of hydrogen-bond donors (Lipinski definition) is 8. The zero-order chi connectivity index (χ0) is 73.3. The van der Waals surface area contributed by atoms with Crippen LogP contribution in [0, 0.1) is 41.4 Å². The Morgan fingerprint density at radius 2 is 0.915 bits per heavy atom. The number of nitrogens with one attached hydrogen (secondary N) is 6. The fourth-order valence-electron chi connectivity index (χ4n) is 10.6. The van der Waals surface area contributed by atoms with Crippen LogP contribution in [0.5, 0.6) is 0 Å². The molecule has 0 aliphatic rings. The number of aliphatic hydroxyl groups excluding tert-OH is 2. The smallest absolute Gasteiger partial charge is 0.408 e. The lowest BCUT2D eigenvalue weighted by Gasteiger charge is -2.40. The fourth-order valence-corrected chi connectivity index (χ4v) is 10.6. The lowest BCUT2D eigenvalue weighted by Crippen LogP contribution is -2.64. The maximum atomic E-state index is 15.0. The number of amides is 11. The molecule has 540 valence electrons. The predicted octanol–water partition coefficient (Wildman–Crippen LogP) is 3.51. The van der Waals surface area contributed by atoms with Crippen molar-refractivity contribution in [3.63, 3.8) is 0 Å². The van der Waals surface area contributed by atoms with Gasteiger partial charge >= 0.3 is 12.1 Å². The second kappa shape index (κ2) is 40.5. The highest BCUT2D eigenvalue weighted by atomic mass is 16.6. The number of ether oxygens (including phenoxy) is 2. The van der Waals surface area contributed by atoms with Gasteiger partial charge in [-0.3, -0.25) is 52.7 Å². The molecule has 94 heavy (non-hydrogen) atoms. The third-order valence-corrected chi connectivity index (χ3v) is 16.3. The summed E-state index contributed by atoms with van der Waals surface area (Å²) in [5, 5.41) is 38.8. The highest BCUT2D eigenvalue weighted by molar-refractivity contribution is 5.99. The molecular formula is C67H121N11O16. The summed E-state index contributed by atoms with van der Waals surface area (Å²) in [6.07, 6.45) is 0.947. The van der Waals surface area contributed by atoms with E-state index < -0.39 is 168 Å². The second-order valence-electron chi connectivity index (χ2n) is 28.3. The molecule has 27 heteroatoms. The van der Waals surface area contributed by atoms with Gasteiger partial charge in [0, 0.05) is 35.2 Å². The Labute approximate surface area is 560 Å². The standard InChI is InChI=1S/C67H121N11O16/c1-27-29-30-42(14)55(81)54(60(86)72-52(45(17)79)64(90)74(21)35-50(80)93-26)78(25)65(91)53(40(11)12)77(24)63(89)47(32-37(5)6)70-58(84)49(34-39(9)10)75(22)61(87)44(16)69-56(82)43(15)68-57(83)48(33-38(7)8)76(23)62(88)46(31-36(3)4)71-59(85)51(41(13)28-2)73-66(92)94-67(18,19)20/h27,29,36-49,51-55,79,81H,28,30-35H2,1-26H3,(H,68,83)(H,69,82)(H,70,84)(H,71,85)(H,72,86)(H,73,92)/b29-27+/t41?,42-,43+,44-,45-,46+,47+,48+,49+,51-,52+,53+,54+,55-/m1/s1. The van der Waals surface area contributed by atoms with Crippen LogP contribution in [0.1, 0.15) is 177 Å². The average Bonchev–Trinajstić information content (AvgIpc) is 0.815. The Kier molecular flexibility index (Phi) is 37.5. The van der Waals surface area contributed by atoms with Gasteiger partial charge in [0.05, 0.1) is 19.3 Å². The zero-order valence-electron chi connectivity index (χ0n) is 61.4. The number of nitrogens with zero attached hydrogens (tertiary/aromatic N) is 5. The van der Waals surface area contributed by atoms with Crippen molar-refractivity contribution >= 4 is 71.1 Å². The number of methoxy groups -OCH3 is 1. The van der Waals surface area contributed by atoms with Crippen molar-refractivity contribution in [1.29, 1.82) is 0 Å². The first-order valence-corrected chi connectivity index (χ1v) is 33.1. The van der Waals surface area contributed by atoms with Crippen molar-refractivity contribution < 1.29 is 77.2 Å². The molecule has 0 spiro atoms. The van der Waals surface area contributed by atoms with E-state index in [1.807, 2.05) is 62.3 Å². The van der Waals surface area contributed by atoms with E-state index in [-0.39, 0.29) is 61.7 Å². The second-order valence-corrected chi connectivity index (χ2v) is 28.3. The van der Waals surface area contributed by atoms with E-state index in [1.165, 1.54) is 70.7 Å². The molecular weight excluding hydrogens is 1210 g/mol. The summed E-state index contributed by atoms with van der Waals surface area (Å²) >= 11 is 0. The molecule has 0 aromatic rings. The van der Waals surface area contributed by atoms with Crippen LogP contribution >= 0.6 is 0 Å². The van der Waals surface area contributed by atoms with Crippen LogP contribution in [-0.4, -0.2) is 233 Å². The molecule has 0 rings (SSSR count). The molecule has 0 heterocycles. The summed E-state index contributed by atoms with van der Waals surface area (Å²) < 4.78 is 10.1. The number of likely N-dealkylation sites (N-methyl/N-ethyl adjacent to an activating group) is 5. The summed E-state index contributed by atoms with van der Waals surface area (Å²) in [7, 11) is 7.87. The van der Waals surface area contributed by atoms with Gasteiger partial charge in [-0.15, -0.1) is 0 Å². The highest BCUT2D eigenvalue weighted by Gasteiger charge is 2.45. The topological polar surface area (TPSA) is 352 Å². The van der Waals surface area contributed by atoms with Crippen molar-refractivity contribution in [3.8, 4) is 0 Å². The van der Waals surface area contributed by atoms with E-state index in [0.29, 0.717) is 6.42 Å². The predicted molar refractivity (Wildman–Crippen MR) is 358 cm³/mol. The van der Waals surface area contributed by atoms with E-state index in [4.69, 9.17) is 4.74 Å². The third-order valence-electron chi connectivity index (χ3n) is 16.3. The Hall–Kier alpha value is -6.90. The minimum Gasteiger partial charge on any atom is -0.468 e. The summed E-state index contributed by atoms with van der Waals surface area (Å²) in [6, 6.07) is -12.9. The fraction of sp³-hybridized carbons (Fsp3) is 0.791. The monoisotopic (exact) mass is 1340 g/mol. The Balaban J connectivity index is 6.96. The van der Waals surface area contributed by atoms with Crippen molar-refractivity contribution in [2.45, 2.75) is 255 Å². The van der Waals surface area contributed by atoms with E-state index in [9.17, 15) is 67.7 Å². The molecule has 0 aromatic heterocycles. The number of esters is 1. The first-order chi connectivity index (χ1) is 43.2. The zero-order valence-corrected chi connectivity index (χ0v) is 61.4. The van der Waals surface area contributed by atoms with Gasteiger partial charge in [0.1, 0.15) is 72.6 Å². The van der Waals surface area contributed by atoms with Gasteiger partial charge in [0.2, 0.25) is 59.1 Å². The number of alkyl carbamates (subject to hydrolysis) is 1. The van der Waals surface area contributed by atoms with Gasteiger partial charge in [-0.2, -0.15) is 0 Å². The molecule has 11 amide bonds. The molecule has 0 saturated heterocycles. The van der Waals surface area contributed by atoms with Crippen LogP contribution in [0.15, 0.2) is 12.2 Å². The van der Waals surface area contributed by atoms with Gasteiger partial charge < -0.3 is 76.1 Å².